The van der Waals surface area contributed by atoms with Gasteiger partial charge >= 0.3 is 0 Å². The number of hydrogen-bond donors (Lipinski definition) is 2. The molecule has 0 aromatic rings. The van der Waals surface area contributed by atoms with Crippen LogP contribution in [0, 0.1) is 11.3 Å². The minimum absolute atomic E-state index is 0.00841. The SMILES string of the molecule is CC(CO)C(C)NC(=O)C1CCCN1C(=O)CC(C)(C)C. The summed E-state index contributed by atoms with van der Waals surface area (Å²) in [7, 11) is 0. The number of carbonyl (C=O) groups excluding carboxylic acids is 2. The van der Waals surface area contributed by atoms with Gasteiger partial charge in [-0.2, -0.15) is 0 Å². The first-order valence-electron chi connectivity index (χ1n) is 7.86. The molecule has 1 fully saturated rings. The Kier molecular flexibility index (Phi) is 6.20. The fourth-order valence-corrected chi connectivity index (χ4v) is 2.51. The number of nitrogens with zero attached hydrogens (tertiary/aromatic N) is 1. The summed E-state index contributed by atoms with van der Waals surface area (Å²) in [6, 6.07) is -0.448. The smallest absolute Gasteiger partial charge is 0.243 e. The molecule has 0 bridgehead atoms. The normalized spacial score (nSPS) is 22.0. The van der Waals surface area contributed by atoms with Gasteiger partial charge in [0.1, 0.15) is 6.04 Å². The highest BCUT2D eigenvalue weighted by molar-refractivity contribution is 5.88. The van der Waals surface area contributed by atoms with Gasteiger partial charge in [-0.15, -0.1) is 0 Å². The van der Waals surface area contributed by atoms with Crippen molar-refractivity contribution >= 4 is 11.8 Å². The predicted molar refractivity (Wildman–Crippen MR) is 82.7 cm³/mol. The zero-order valence-corrected chi connectivity index (χ0v) is 14.0. The van der Waals surface area contributed by atoms with Crippen LogP contribution in [-0.4, -0.2) is 47.1 Å². The molecule has 1 rings (SSSR count). The lowest BCUT2D eigenvalue weighted by molar-refractivity contribution is -0.140. The monoisotopic (exact) mass is 298 g/mol. The third-order valence-corrected chi connectivity index (χ3v) is 4.07. The van der Waals surface area contributed by atoms with Crippen molar-refractivity contribution in [3.05, 3.63) is 0 Å². The van der Waals surface area contributed by atoms with Crippen LogP contribution in [0.1, 0.15) is 53.9 Å². The second-order valence-electron chi connectivity index (χ2n) is 7.44. The van der Waals surface area contributed by atoms with E-state index in [0.717, 1.165) is 12.8 Å². The first-order valence-corrected chi connectivity index (χ1v) is 7.86. The molecule has 2 N–H and O–H groups in total. The van der Waals surface area contributed by atoms with Gasteiger partial charge in [-0.25, -0.2) is 0 Å². The summed E-state index contributed by atoms with van der Waals surface area (Å²) in [5, 5.41) is 12.1. The molecule has 3 unspecified atom stereocenters. The van der Waals surface area contributed by atoms with E-state index in [4.69, 9.17) is 5.11 Å². The van der Waals surface area contributed by atoms with Gasteiger partial charge in [-0.3, -0.25) is 9.59 Å². The Hall–Kier alpha value is -1.10. The molecule has 0 radical (unpaired) electrons. The first kappa shape index (κ1) is 18.0. The van der Waals surface area contributed by atoms with E-state index in [0.29, 0.717) is 13.0 Å². The lowest BCUT2D eigenvalue weighted by Crippen LogP contribution is -2.50. The molecule has 5 heteroatoms. The second-order valence-corrected chi connectivity index (χ2v) is 7.44. The number of rotatable bonds is 5. The minimum Gasteiger partial charge on any atom is -0.396 e. The van der Waals surface area contributed by atoms with E-state index in [2.05, 4.69) is 5.32 Å². The maximum absolute atomic E-state index is 12.4. The third kappa shape index (κ3) is 5.30. The van der Waals surface area contributed by atoms with Crippen molar-refractivity contribution in [1.29, 1.82) is 0 Å². The van der Waals surface area contributed by atoms with Crippen LogP contribution in [0.25, 0.3) is 0 Å². The number of carbonyl (C=O) groups is 2. The molecule has 0 spiro atoms. The number of aliphatic hydroxyl groups excluding tert-OH is 1. The standard InChI is InChI=1S/C16H30N2O3/c1-11(10-19)12(2)17-15(21)13-7-6-8-18(13)14(20)9-16(3,4)5/h11-13,19H,6-10H2,1-5H3,(H,17,21). The van der Waals surface area contributed by atoms with Crippen molar-refractivity contribution in [2.75, 3.05) is 13.2 Å². The summed E-state index contributed by atoms with van der Waals surface area (Å²) >= 11 is 0. The molecule has 5 nitrogen and oxygen atoms in total. The molecule has 0 aliphatic carbocycles. The van der Waals surface area contributed by atoms with Crippen LogP contribution in [0.4, 0.5) is 0 Å². The summed E-state index contributed by atoms with van der Waals surface area (Å²) in [6.45, 7) is 10.6. The van der Waals surface area contributed by atoms with Crippen LogP contribution in [0.15, 0.2) is 0 Å². The van der Waals surface area contributed by atoms with Gasteiger partial charge in [0.2, 0.25) is 11.8 Å². The highest BCUT2D eigenvalue weighted by Gasteiger charge is 2.35. The highest BCUT2D eigenvalue weighted by Crippen LogP contribution is 2.25. The Balaban J connectivity index is 2.64. The van der Waals surface area contributed by atoms with Crippen molar-refractivity contribution in [2.45, 2.75) is 66.0 Å². The van der Waals surface area contributed by atoms with Gasteiger partial charge in [0.05, 0.1) is 0 Å². The first-order chi connectivity index (χ1) is 9.65. The molecule has 1 heterocycles. The lowest BCUT2D eigenvalue weighted by atomic mass is 9.91. The minimum atomic E-state index is -0.354. The van der Waals surface area contributed by atoms with Gasteiger partial charge in [0.25, 0.3) is 0 Å². The maximum atomic E-state index is 12.4. The van der Waals surface area contributed by atoms with E-state index in [1.165, 1.54) is 0 Å². The number of nitrogens with one attached hydrogen (secondary N) is 1. The zero-order chi connectivity index (χ0) is 16.2. The second kappa shape index (κ2) is 7.25. The molecule has 0 aromatic heterocycles. The number of amides is 2. The quantitative estimate of drug-likeness (QED) is 0.809. The van der Waals surface area contributed by atoms with Gasteiger partial charge in [-0.1, -0.05) is 27.7 Å². The summed E-state index contributed by atoms with van der Waals surface area (Å²) in [5.74, 6) is -0.0281. The Morgan fingerprint density at radius 2 is 1.95 bits per heavy atom. The van der Waals surface area contributed by atoms with Crippen LogP contribution >= 0.6 is 0 Å². The highest BCUT2D eigenvalue weighted by atomic mass is 16.3. The van der Waals surface area contributed by atoms with Gasteiger partial charge in [-0.05, 0) is 31.1 Å². The molecule has 3 atom stereocenters. The average Bonchev–Trinajstić information content (AvgIpc) is 2.84. The molecule has 0 saturated carbocycles. The number of aliphatic hydroxyl groups is 1. The molecule has 2 amide bonds. The lowest BCUT2D eigenvalue weighted by Gasteiger charge is -2.29. The molecule has 122 valence electrons. The molecule has 1 aliphatic rings. The molecular formula is C16H30N2O3. The Labute approximate surface area is 128 Å². The van der Waals surface area contributed by atoms with Gasteiger partial charge in [0.15, 0.2) is 0 Å². The van der Waals surface area contributed by atoms with Crippen LogP contribution in [-0.2, 0) is 9.59 Å². The van der Waals surface area contributed by atoms with Crippen LogP contribution in [0.5, 0.6) is 0 Å². The fourth-order valence-electron chi connectivity index (χ4n) is 2.51. The molecule has 21 heavy (non-hydrogen) atoms. The van der Waals surface area contributed by atoms with E-state index in [1.807, 2.05) is 34.6 Å². The summed E-state index contributed by atoms with van der Waals surface area (Å²) in [6.07, 6.45) is 2.05. The van der Waals surface area contributed by atoms with Gasteiger partial charge < -0.3 is 15.3 Å². The fraction of sp³-hybridized carbons (Fsp3) is 0.875. The van der Waals surface area contributed by atoms with E-state index >= 15 is 0 Å². The predicted octanol–water partition coefficient (Wildman–Crippen LogP) is 1.55. The van der Waals surface area contributed by atoms with E-state index in [-0.39, 0.29) is 41.8 Å². The van der Waals surface area contributed by atoms with Crippen molar-refractivity contribution in [3.63, 3.8) is 0 Å². The molecule has 0 aromatic carbocycles. The maximum Gasteiger partial charge on any atom is 0.243 e. The van der Waals surface area contributed by atoms with Crippen LogP contribution < -0.4 is 5.32 Å². The topological polar surface area (TPSA) is 69.6 Å². The summed E-state index contributed by atoms with van der Waals surface area (Å²) < 4.78 is 0. The van der Waals surface area contributed by atoms with Crippen molar-refractivity contribution in [2.24, 2.45) is 11.3 Å². The van der Waals surface area contributed by atoms with Crippen LogP contribution in [0.3, 0.4) is 0 Å². The zero-order valence-electron chi connectivity index (χ0n) is 14.0. The van der Waals surface area contributed by atoms with E-state index in [1.54, 1.807) is 4.90 Å². The van der Waals surface area contributed by atoms with E-state index in [9.17, 15) is 9.59 Å². The molecule has 1 saturated heterocycles. The summed E-state index contributed by atoms with van der Waals surface area (Å²) in [5.41, 5.74) is -0.0700. The third-order valence-electron chi connectivity index (χ3n) is 4.07. The van der Waals surface area contributed by atoms with Crippen LogP contribution in [0.2, 0.25) is 0 Å². The largest absolute Gasteiger partial charge is 0.396 e. The van der Waals surface area contributed by atoms with Crippen molar-refractivity contribution in [1.82, 2.24) is 10.2 Å². The molecule has 1 aliphatic heterocycles. The number of hydrogen-bond acceptors (Lipinski definition) is 3. The van der Waals surface area contributed by atoms with Gasteiger partial charge in [0, 0.05) is 25.6 Å². The number of likely N-dealkylation sites (tertiary alicyclic amines) is 1. The Morgan fingerprint density at radius 1 is 1.33 bits per heavy atom. The van der Waals surface area contributed by atoms with E-state index < -0.39 is 0 Å². The Bertz CT molecular complexity index is 376. The van der Waals surface area contributed by atoms with Crippen molar-refractivity contribution < 1.29 is 14.7 Å². The Morgan fingerprint density at radius 3 is 2.48 bits per heavy atom. The van der Waals surface area contributed by atoms with Crippen molar-refractivity contribution in [3.8, 4) is 0 Å². The summed E-state index contributed by atoms with van der Waals surface area (Å²) in [4.78, 5) is 26.4. The molecular weight excluding hydrogens is 268 g/mol. The average molecular weight is 298 g/mol.